The van der Waals surface area contributed by atoms with Gasteiger partial charge in [-0.05, 0) is 24.5 Å². The van der Waals surface area contributed by atoms with Crippen molar-refractivity contribution in [1.29, 1.82) is 0 Å². The number of nitrogens with two attached hydrogens (primary N) is 1. The van der Waals surface area contributed by atoms with Crippen molar-refractivity contribution >= 4 is 11.7 Å². The minimum Gasteiger partial charge on any atom is -0.409 e. The molecule has 2 rings (SSSR count). The Labute approximate surface area is 117 Å². The van der Waals surface area contributed by atoms with Gasteiger partial charge in [0.15, 0.2) is 5.84 Å². The van der Waals surface area contributed by atoms with Crippen LogP contribution in [0, 0.1) is 5.92 Å². The molecule has 1 aliphatic heterocycles. The first-order chi connectivity index (χ1) is 9.58. The summed E-state index contributed by atoms with van der Waals surface area (Å²) in [7, 11) is 0. The number of likely N-dealkylation sites (tertiary alicyclic amines) is 1. The number of carbonyl (C=O) groups excluding carboxylic acids is 1. The summed E-state index contributed by atoms with van der Waals surface area (Å²) in [6, 6.07) is 6.49. The Bertz CT molecular complexity index is 530. The maximum atomic E-state index is 12.5. The predicted octanol–water partition coefficient (Wildman–Crippen LogP) is 0.624. The van der Waals surface area contributed by atoms with Gasteiger partial charge in [-0.15, -0.1) is 0 Å². The van der Waals surface area contributed by atoms with Gasteiger partial charge in [0, 0.05) is 17.7 Å². The second-order valence-electron chi connectivity index (χ2n) is 5.08. The van der Waals surface area contributed by atoms with E-state index in [-0.39, 0.29) is 30.3 Å². The van der Waals surface area contributed by atoms with E-state index in [1.165, 1.54) is 0 Å². The van der Waals surface area contributed by atoms with Crippen LogP contribution in [-0.4, -0.2) is 46.1 Å². The first-order valence-corrected chi connectivity index (χ1v) is 6.58. The average molecular weight is 277 g/mol. The summed E-state index contributed by atoms with van der Waals surface area (Å²) in [5.74, 6) is 0.116. The summed E-state index contributed by atoms with van der Waals surface area (Å²) in [5, 5.41) is 21.0. The Kier molecular flexibility index (Phi) is 4.24. The van der Waals surface area contributed by atoms with E-state index < -0.39 is 0 Å². The van der Waals surface area contributed by atoms with Gasteiger partial charge < -0.3 is 20.9 Å². The highest BCUT2D eigenvalue weighted by Gasteiger charge is 2.34. The highest BCUT2D eigenvalue weighted by atomic mass is 16.4. The minimum absolute atomic E-state index is 0.0341. The number of aliphatic hydroxyl groups excluding tert-OH is 1. The Morgan fingerprint density at radius 1 is 1.50 bits per heavy atom. The molecule has 1 fully saturated rings. The van der Waals surface area contributed by atoms with Crippen LogP contribution in [0.1, 0.15) is 29.3 Å². The van der Waals surface area contributed by atoms with E-state index in [1.807, 2.05) is 6.92 Å². The number of rotatable bonds is 3. The smallest absolute Gasteiger partial charge is 0.254 e. The maximum absolute atomic E-state index is 12.5. The van der Waals surface area contributed by atoms with Crippen molar-refractivity contribution in [3.63, 3.8) is 0 Å². The third-order valence-electron chi connectivity index (χ3n) is 3.84. The second-order valence-corrected chi connectivity index (χ2v) is 5.08. The summed E-state index contributed by atoms with van der Waals surface area (Å²) in [5.41, 5.74) is 6.49. The number of nitrogens with zero attached hydrogens (tertiary/aromatic N) is 2. The quantitative estimate of drug-likeness (QED) is 0.326. The molecule has 1 saturated heterocycles. The van der Waals surface area contributed by atoms with Gasteiger partial charge in [0.25, 0.3) is 5.91 Å². The molecule has 0 radical (unpaired) electrons. The molecule has 6 heteroatoms. The first kappa shape index (κ1) is 14.3. The Morgan fingerprint density at radius 3 is 2.85 bits per heavy atom. The summed E-state index contributed by atoms with van der Waals surface area (Å²) in [6.07, 6.45) is 0.886. The molecule has 1 aliphatic rings. The predicted molar refractivity (Wildman–Crippen MR) is 74.6 cm³/mol. The van der Waals surface area contributed by atoms with Gasteiger partial charge in [-0.25, -0.2) is 0 Å². The molecule has 1 aromatic carbocycles. The highest BCUT2D eigenvalue weighted by Crippen LogP contribution is 2.25. The van der Waals surface area contributed by atoms with Gasteiger partial charge in [0.05, 0.1) is 12.6 Å². The molecule has 20 heavy (non-hydrogen) atoms. The fourth-order valence-electron chi connectivity index (χ4n) is 2.57. The van der Waals surface area contributed by atoms with Crippen LogP contribution in [0.4, 0.5) is 0 Å². The zero-order valence-corrected chi connectivity index (χ0v) is 11.4. The average Bonchev–Trinajstić information content (AvgIpc) is 2.86. The van der Waals surface area contributed by atoms with Crippen molar-refractivity contribution in [1.82, 2.24) is 4.90 Å². The normalized spacial score (nSPS) is 23.1. The number of amides is 1. The molecule has 6 nitrogen and oxygen atoms in total. The van der Waals surface area contributed by atoms with Crippen molar-refractivity contribution in [3.05, 3.63) is 35.4 Å². The molecule has 4 N–H and O–H groups in total. The molecule has 1 aromatic rings. The Hall–Kier alpha value is -2.08. The largest absolute Gasteiger partial charge is 0.409 e. The molecule has 1 amide bonds. The fourth-order valence-corrected chi connectivity index (χ4v) is 2.57. The van der Waals surface area contributed by atoms with Crippen molar-refractivity contribution in [2.24, 2.45) is 16.8 Å². The van der Waals surface area contributed by atoms with E-state index >= 15 is 0 Å². The standard InChI is InChI=1S/C14H19N3O3/c1-9-5-6-17(12(9)8-18)14(19)11-4-2-3-10(7-11)13(15)16-20/h2-4,7,9,12,18,20H,5-6,8H2,1H3,(H2,15,16). The van der Waals surface area contributed by atoms with Gasteiger partial charge in [-0.1, -0.05) is 24.2 Å². The zero-order valence-electron chi connectivity index (χ0n) is 11.4. The van der Waals surface area contributed by atoms with E-state index in [2.05, 4.69) is 5.16 Å². The lowest BCUT2D eigenvalue weighted by atomic mass is 10.0. The summed E-state index contributed by atoms with van der Waals surface area (Å²) >= 11 is 0. The lowest BCUT2D eigenvalue weighted by molar-refractivity contribution is 0.0648. The van der Waals surface area contributed by atoms with Crippen LogP contribution in [-0.2, 0) is 0 Å². The SMILES string of the molecule is CC1CCN(C(=O)c2cccc(/C(N)=N/O)c2)C1CO. The molecular formula is C14H19N3O3. The number of oxime groups is 1. The van der Waals surface area contributed by atoms with Gasteiger partial charge >= 0.3 is 0 Å². The van der Waals surface area contributed by atoms with Gasteiger partial charge in [-0.2, -0.15) is 0 Å². The Balaban J connectivity index is 2.25. The summed E-state index contributed by atoms with van der Waals surface area (Å²) in [4.78, 5) is 14.2. The molecule has 0 saturated carbocycles. The third kappa shape index (κ3) is 2.60. The van der Waals surface area contributed by atoms with E-state index in [9.17, 15) is 9.90 Å². The number of aliphatic hydroxyl groups is 1. The lowest BCUT2D eigenvalue weighted by Gasteiger charge is -2.25. The van der Waals surface area contributed by atoms with Crippen LogP contribution in [0.3, 0.4) is 0 Å². The highest BCUT2D eigenvalue weighted by molar-refractivity contribution is 6.01. The molecule has 108 valence electrons. The molecule has 0 aromatic heterocycles. The maximum Gasteiger partial charge on any atom is 0.254 e. The van der Waals surface area contributed by atoms with Crippen LogP contribution < -0.4 is 5.73 Å². The van der Waals surface area contributed by atoms with Crippen molar-refractivity contribution in [2.75, 3.05) is 13.2 Å². The minimum atomic E-state index is -0.144. The van der Waals surface area contributed by atoms with Crippen molar-refractivity contribution in [2.45, 2.75) is 19.4 Å². The van der Waals surface area contributed by atoms with E-state index in [0.29, 0.717) is 17.7 Å². The number of carbonyl (C=O) groups is 1. The van der Waals surface area contributed by atoms with Gasteiger partial charge in [0.1, 0.15) is 0 Å². The fraction of sp³-hybridized carbons (Fsp3) is 0.429. The van der Waals surface area contributed by atoms with Crippen LogP contribution in [0.2, 0.25) is 0 Å². The van der Waals surface area contributed by atoms with Gasteiger partial charge in [-0.3, -0.25) is 4.79 Å². The number of benzene rings is 1. The van der Waals surface area contributed by atoms with E-state index in [0.717, 1.165) is 6.42 Å². The second kappa shape index (κ2) is 5.92. The first-order valence-electron chi connectivity index (χ1n) is 6.58. The van der Waals surface area contributed by atoms with E-state index in [1.54, 1.807) is 29.2 Å². The molecule has 2 atom stereocenters. The molecule has 0 aliphatic carbocycles. The van der Waals surface area contributed by atoms with Crippen LogP contribution in [0.25, 0.3) is 0 Å². The number of hydrogen-bond donors (Lipinski definition) is 3. The number of hydrogen-bond acceptors (Lipinski definition) is 4. The van der Waals surface area contributed by atoms with E-state index in [4.69, 9.17) is 10.9 Å². The molecular weight excluding hydrogens is 258 g/mol. The van der Waals surface area contributed by atoms with Crippen LogP contribution in [0.15, 0.2) is 29.4 Å². The van der Waals surface area contributed by atoms with Crippen LogP contribution in [0.5, 0.6) is 0 Å². The number of amidine groups is 1. The molecule has 1 heterocycles. The molecule has 2 unspecified atom stereocenters. The summed E-state index contributed by atoms with van der Waals surface area (Å²) in [6.45, 7) is 2.63. The topological polar surface area (TPSA) is 99.2 Å². The lowest BCUT2D eigenvalue weighted by Crippen LogP contribution is -2.39. The third-order valence-corrected chi connectivity index (χ3v) is 3.84. The Morgan fingerprint density at radius 2 is 2.20 bits per heavy atom. The summed E-state index contributed by atoms with van der Waals surface area (Å²) < 4.78 is 0. The molecule has 0 spiro atoms. The zero-order chi connectivity index (χ0) is 14.7. The van der Waals surface area contributed by atoms with Crippen molar-refractivity contribution < 1.29 is 15.1 Å². The monoisotopic (exact) mass is 277 g/mol. The van der Waals surface area contributed by atoms with Crippen molar-refractivity contribution in [3.8, 4) is 0 Å². The van der Waals surface area contributed by atoms with Crippen LogP contribution >= 0.6 is 0 Å². The molecule has 0 bridgehead atoms. The van der Waals surface area contributed by atoms with Gasteiger partial charge in [0.2, 0.25) is 0 Å².